The molecular formula is C10H14N4O4S2. The second-order valence-electron chi connectivity index (χ2n) is 4.82. The summed E-state index contributed by atoms with van der Waals surface area (Å²) in [5.41, 5.74) is 0.364. The van der Waals surface area contributed by atoms with Gasteiger partial charge in [-0.3, -0.25) is 4.79 Å². The molecule has 2 aliphatic rings. The normalized spacial score (nSPS) is 23.8. The summed E-state index contributed by atoms with van der Waals surface area (Å²) in [7, 11) is -3.67. The average molecular weight is 318 g/mol. The summed E-state index contributed by atoms with van der Waals surface area (Å²) >= 11 is 0.704. The smallest absolute Gasteiger partial charge is 0.317 e. The van der Waals surface area contributed by atoms with Gasteiger partial charge in [-0.15, -0.1) is 0 Å². The Hall–Kier alpha value is -1.39. The third kappa shape index (κ3) is 2.03. The van der Waals surface area contributed by atoms with Crippen molar-refractivity contribution in [2.45, 2.75) is 17.2 Å². The van der Waals surface area contributed by atoms with Crippen molar-refractivity contribution < 1.29 is 13.2 Å². The van der Waals surface area contributed by atoms with Crippen molar-refractivity contribution in [3.8, 4) is 0 Å². The van der Waals surface area contributed by atoms with E-state index in [1.165, 1.54) is 4.31 Å². The number of nitrogens with one attached hydrogen (secondary N) is 2. The van der Waals surface area contributed by atoms with Crippen molar-refractivity contribution in [3.63, 3.8) is 0 Å². The van der Waals surface area contributed by atoms with E-state index in [4.69, 9.17) is 0 Å². The highest BCUT2D eigenvalue weighted by atomic mass is 32.2. The lowest BCUT2D eigenvalue weighted by molar-refractivity contribution is 0.164. The second-order valence-corrected chi connectivity index (χ2v) is 7.94. The SMILES string of the molecule is Cc1[nH]c(=O)sc1S(=O)(=O)N1CCN2C(=O)NCC2C1. The molecule has 2 aliphatic heterocycles. The van der Waals surface area contributed by atoms with Crippen LogP contribution in [0.1, 0.15) is 5.69 Å². The zero-order valence-corrected chi connectivity index (χ0v) is 12.4. The molecule has 0 spiro atoms. The maximum absolute atomic E-state index is 12.5. The molecule has 110 valence electrons. The number of aromatic amines is 1. The van der Waals surface area contributed by atoms with Crippen molar-refractivity contribution >= 4 is 27.4 Å². The van der Waals surface area contributed by atoms with Crippen LogP contribution in [0.5, 0.6) is 0 Å². The summed E-state index contributed by atoms with van der Waals surface area (Å²) < 4.78 is 26.5. The number of aryl methyl sites for hydroxylation is 1. The number of nitrogens with zero attached hydrogens (tertiary/aromatic N) is 2. The number of fused-ring (bicyclic) bond motifs is 1. The van der Waals surface area contributed by atoms with E-state index in [0.29, 0.717) is 30.1 Å². The van der Waals surface area contributed by atoms with Crippen LogP contribution in [0.25, 0.3) is 0 Å². The Morgan fingerprint density at radius 1 is 1.30 bits per heavy atom. The summed E-state index contributed by atoms with van der Waals surface area (Å²) in [5.74, 6) is 0. The number of H-pyrrole nitrogens is 1. The molecule has 8 nitrogen and oxygen atoms in total. The Bertz CT molecular complexity index is 707. The zero-order chi connectivity index (χ0) is 14.5. The maximum Gasteiger partial charge on any atom is 0.317 e. The Kier molecular flexibility index (Phi) is 3.10. The quantitative estimate of drug-likeness (QED) is 0.741. The monoisotopic (exact) mass is 318 g/mol. The largest absolute Gasteiger partial charge is 0.336 e. The van der Waals surface area contributed by atoms with E-state index in [1.807, 2.05) is 0 Å². The lowest BCUT2D eigenvalue weighted by Crippen LogP contribution is -2.53. The fourth-order valence-electron chi connectivity index (χ4n) is 2.55. The molecule has 0 saturated carbocycles. The van der Waals surface area contributed by atoms with Crippen molar-refractivity contribution in [3.05, 3.63) is 15.4 Å². The van der Waals surface area contributed by atoms with E-state index in [1.54, 1.807) is 11.8 Å². The minimum Gasteiger partial charge on any atom is -0.336 e. The first-order valence-electron chi connectivity index (χ1n) is 6.14. The molecule has 0 aliphatic carbocycles. The Morgan fingerprint density at radius 2 is 2.05 bits per heavy atom. The Labute approximate surface area is 119 Å². The molecule has 2 N–H and O–H groups in total. The first-order chi connectivity index (χ1) is 9.39. The van der Waals surface area contributed by atoms with Gasteiger partial charge in [-0.2, -0.15) is 4.31 Å². The molecule has 2 amide bonds. The first-order valence-corrected chi connectivity index (χ1v) is 8.39. The number of hydrogen-bond donors (Lipinski definition) is 2. The van der Waals surface area contributed by atoms with Gasteiger partial charge < -0.3 is 15.2 Å². The second kappa shape index (κ2) is 4.57. The third-order valence-corrected chi connectivity index (χ3v) is 7.00. The number of piperazine rings is 1. The fraction of sp³-hybridized carbons (Fsp3) is 0.600. The van der Waals surface area contributed by atoms with Gasteiger partial charge in [0.2, 0.25) is 0 Å². The zero-order valence-electron chi connectivity index (χ0n) is 10.7. The highest BCUT2D eigenvalue weighted by Gasteiger charge is 2.40. The lowest BCUT2D eigenvalue weighted by Gasteiger charge is -2.35. The molecule has 0 radical (unpaired) electrons. The van der Waals surface area contributed by atoms with Crippen molar-refractivity contribution in [1.82, 2.24) is 19.5 Å². The van der Waals surface area contributed by atoms with E-state index in [2.05, 4.69) is 10.3 Å². The van der Waals surface area contributed by atoms with Crippen LogP contribution in [0, 0.1) is 6.92 Å². The molecule has 1 aromatic heterocycles. The van der Waals surface area contributed by atoms with E-state index in [0.717, 1.165) is 0 Å². The highest BCUT2D eigenvalue weighted by Crippen LogP contribution is 2.24. The third-order valence-electron chi connectivity index (χ3n) is 3.55. The van der Waals surface area contributed by atoms with Crippen LogP contribution in [0.2, 0.25) is 0 Å². The number of hydrogen-bond acceptors (Lipinski definition) is 5. The van der Waals surface area contributed by atoms with Crippen LogP contribution in [0.3, 0.4) is 0 Å². The van der Waals surface area contributed by atoms with Crippen LogP contribution < -0.4 is 10.2 Å². The highest BCUT2D eigenvalue weighted by molar-refractivity contribution is 7.91. The van der Waals surface area contributed by atoms with Gasteiger partial charge in [0.25, 0.3) is 10.0 Å². The van der Waals surface area contributed by atoms with Gasteiger partial charge in [-0.1, -0.05) is 11.3 Å². The minimum atomic E-state index is -3.67. The Morgan fingerprint density at radius 3 is 2.70 bits per heavy atom. The number of carbonyl (C=O) groups excluding carboxylic acids is 1. The molecule has 1 atom stereocenters. The molecular weight excluding hydrogens is 304 g/mol. The van der Waals surface area contributed by atoms with E-state index >= 15 is 0 Å². The molecule has 2 saturated heterocycles. The van der Waals surface area contributed by atoms with E-state index in [9.17, 15) is 18.0 Å². The number of carbonyl (C=O) groups is 1. The maximum atomic E-state index is 12.5. The topological polar surface area (TPSA) is 103 Å². The Balaban J connectivity index is 1.88. The van der Waals surface area contributed by atoms with Crippen LogP contribution in [-0.2, 0) is 10.0 Å². The number of rotatable bonds is 2. The first kappa shape index (κ1) is 13.6. The summed E-state index contributed by atoms with van der Waals surface area (Å²) in [6.07, 6.45) is 0. The van der Waals surface area contributed by atoms with Crippen molar-refractivity contribution in [1.29, 1.82) is 0 Å². The molecule has 3 rings (SSSR count). The summed E-state index contributed by atoms with van der Waals surface area (Å²) in [5, 5.41) is 2.70. The summed E-state index contributed by atoms with van der Waals surface area (Å²) in [6, 6.07) is -0.281. The molecule has 2 fully saturated rings. The minimum absolute atomic E-state index is 0.0632. The molecule has 0 bridgehead atoms. The van der Waals surface area contributed by atoms with Crippen molar-refractivity contribution in [2.75, 3.05) is 26.2 Å². The molecule has 0 aromatic carbocycles. The van der Waals surface area contributed by atoms with Crippen LogP contribution in [-0.4, -0.2) is 60.9 Å². The number of aromatic nitrogens is 1. The van der Waals surface area contributed by atoms with Crippen LogP contribution in [0.15, 0.2) is 9.00 Å². The molecule has 20 heavy (non-hydrogen) atoms. The molecule has 1 unspecified atom stereocenters. The predicted octanol–water partition coefficient (Wildman–Crippen LogP) is -0.857. The van der Waals surface area contributed by atoms with Gasteiger partial charge in [0, 0.05) is 31.9 Å². The average Bonchev–Trinajstić information content (AvgIpc) is 2.93. The number of urea groups is 1. The number of thiazole rings is 1. The van der Waals surface area contributed by atoms with Gasteiger partial charge in [0.1, 0.15) is 0 Å². The number of sulfonamides is 1. The predicted molar refractivity (Wildman–Crippen MR) is 72.3 cm³/mol. The molecule has 3 heterocycles. The van der Waals surface area contributed by atoms with E-state index < -0.39 is 10.0 Å². The molecule has 10 heteroatoms. The van der Waals surface area contributed by atoms with Gasteiger partial charge in [-0.05, 0) is 6.92 Å². The van der Waals surface area contributed by atoms with Gasteiger partial charge in [-0.25, -0.2) is 13.2 Å². The fourth-order valence-corrected chi connectivity index (χ4v) is 5.45. The standard InChI is InChI=1S/C10H14N4O4S2/c1-6-8(19-10(16)12-6)20(17,18)13-2-3-14-7(5-13)4-11-9(14)15/h7H,2-5H2,1H3,(H,11,15)(H,12,16). The van der Waals surface area contributed by atoms with Gasteiger partial charge in [0.15, 0.2) is 4.21 Å². The van der Waals surface area contributed by atoms with Crippen LogP contribution in [0.4, 0.5) is 4.79 Å². The van der Waals surface area contributed by atoms with Crippen molar-refractivity contribution in [2.24, 2.45) is 0 Å². The lowest BCUT2D eigenvalue weighted by atomic mass is 10.2. The number of amides is 2. The summed E-state index contributed by atoms with van der Waals surface area (Å²) in [4.78, 5) is 26.5. The molecule has 1 aromatic rings. The van der Waals surface area contributed by atoms with E-state index in [-0.39, 0.29) is 34.2 Å². The van der Waals surface area contributed by atoms with Gasteiger partial charge in [0.05, 0.1) is 6.04 Å². The summed E-state index contributed by atoms with van der Waals surface area (Å²) in [6.45, 7) is 2.90. The van der Waals surface area contributed by atoms with Gasteiger partial charge >= 0.3 is 10.9 Å². The van der Waals surface area contributed by atoms with Crippen LogP contribution >= 0.6 is 11.3 Å².